The Morgan fingerprint density at radius 1 is 1.11 bits per heavy atom. The van der Waals surface area contributed by atoms with Crippen molar-refractivity contribution >= 4 is 29.3 Å². The molecular weight excluding hydrogens is 623 g/mol. The number of benzene rings is 2. The largest absolute Gasteiger partial charge is 0.480 e. The number of ether oxygens (including phenoxy) is 1. The van der Waals surface area contributed by atoms with Gasteiger partial charge in [0.25, 0.3) is 0 Å². The van der Waals surface area contributed by atoms with Gasteiger partial charge < -0.3 is 25.8 Å². The molecule has 4 aromatic rings. The van der Waals surface area contributed by atoms with E-state index in [-0.39, 0.29) is 28.5 Å². The Bertz CT molecular complexity index is 1770. The number of rotatable bonds is 7. The zero-order valence-electron chi connectivity index (χ0n) is 25.2. The molecule has 2 fully saturated rings. The van der Waals surface area contributed by atoms with Gasteiger partial charge in [-0.1, -0.05) is 29.8 Å². The highest BCUT2D eigenvalue weighted by atomic mass is 35.5. The second-order valence-corrected chi connectivity index (χ2v) is 12.5. The quantitative estimate of drug-likeness (QED) is 0.223. The minimum absolute atomic E-state index is 0.156. The SMILES string of the molecule is Cc1ccn(-c2cc(-c3ccc(Cl)c(C)c3)ccc2C(Oc2cc(N3CCC4(CC3)CN[C@H](C(=O)O)C4)nc(N)n2)C(F)(F)F)n1. The van der Waals surface area contributed by atoms with Crippen LogP contribution in [0.15, 0.2) is 54.7 Å². The summed E-state index contributed by atoms with van der Waals surface area (Å²) in [6.07, 6.45) is -3.72. The van der Waals surface area contributed by atoms with Crippen molar-refractivity contribution in [1.29, 1.82) is 0 Å². The summed E-state index contributed by atoms with van der Waals surface area (Å²) in [4.78, 5) is 21.6. The van der Waals surface area contributed by atoms with Gasteiger partial charge in [-0.15, -0.1) is 0 Å². The molecule has 242 valence electrons. The Kier molecular flexibility index (Phi) is 8.32. The molecule has 1 spiro atoms. The standard InChI is InChI=1S/C32H33ClF3N7O3/c1-18-13-20(4-6-23(18)33)21-3-5-22(25(14-21)43-10-7-19(2)41-43)28(32(34,35)36)46-27-15-26(39-30(37)40-27)42-11-8-31(9-12-42)16-24(29(44)45)38-17-31/h3-7,10,13-15,24,28,38H,8-9,11-12,16-17H2,1-2H3,(H,44,45)(H2,37,39,40)/t24-,28?/m0/s1. The lowest BCUT2D eigenvalue weighted by Gasteiger charge is -2.39. The molecule has 2 atom stereocenters. The van der Waals surface area contributed by atoms with Crippen LogP contribution >= 0.6 is 11.6 Å². The maximum atomic E-state index is 14.8. The first-order valence-electron chi connectivity index (χ1n) is 14.8. The first-order valence-corrected chi connectivity index (χ1v) is 15.2. The Labute approximate surface area is 268 Å². The average Bonchev–Trinajstić information content (AvgIpc) is 3.63. The number of nitrogen functional groups attached to an aromatic ring is 1. The lowest BCUT2D eigenvalue weighted by atomic mass is 9.76. The highest BCUT2D eigenvalue weighted by Gasteiger charge is 2.46. The fraction of sp³-hybridized carbons (Fsp3) is 0.375. The number of nitrogens with zero attached hydrogens (tertiary/aromatic N) is 5. The second kappa shape index (κ2) is 12.1. The number of aliphatic carboxylic acids is 1. The van der Waals surface area contributed by atoms with Crippen LogP contribution in [-0.2, 0) is 4.79 Å². The predicted molar refractivity (Wildman–Crippen MR) is 167 cm³/mol. The van der Waals surface area contributed by atoms with Gasteiger partial charge >= 0.3 is 12.1 Å². The molecule has 14 heteroatoms. The monoisotopic (exact) mass is 655 g/mol. The normalized spacial score (nSPS) is 18.6. The summed E-state index contributed by atoms with van der Waals surface area (Å²) in [5, 5.41) is 17.4. The number of nitrogens with one attached hydrogen (secondary N) is 1. The number of halogens is 4. The van der Waals surface area contributed by atoms with Gasteiger partial charge in [-0.3, -0.25) is 4.79 Å². The summed E-state index contributed by atoms with van der Waals surface area (Å²) in [7, 11) is 0. The van der Waals surface area contributed by atoms with Gasteiger partial charge in [0.1, 0.15) is 11.9 Å². The first kappa shape index (κ1) is 31.6. The fourth-order valence-electron chi connectivity index (χ4n) is 6.28. The lowest BCUT2D eigenvalue weighted by molar-refractivity contribution is -0.198. The molecule has 1 unspecified atom stereocenters. The zero-order chi connectivity index (χ0) is 32.8. The van der Waals surface area contributed by atoms with E-state index in [2.05, 4.69) is 20.4 Å². The van der Waals surface area contributed by atoms with Crippen LogP contribution < -0.4 is 20.7 Å². The molecule has 6 rings (SSSR count). The van der Waals surface area contributed by atoms with Crippen LogP contribution in [0.1, 0.15) is 42.2 Å². The van der Waals surface area contributed by atoms with Crippen molar-refractivity contribution in [3.8, 4) is 22.7 Å². The smallest absolute Gasteiger partial charge is 0.429 e. The molecule has 2 saturated heterocycles. The van der Waals surface area contributed by atoms with Crippen LogP contribution in [0.4, 0.5) is 24.9 Å². The van der Waals surface area contributed by atoms with Crippen molar-refractivity contribution in [2.24, 2.45) is 5.41 Å². The molecule has 4 heterocycles. The summed E-state index contributed by atoms with van der Waals surface area (Å²) in [6, 6.07) is 12.5. The van der Waals surface area contributed by atoms with E-state index in [0.29, 0.717) is 61.0 Å². The molecule has 46 heavy (non-hydrogen) atoms. The molecule has 0 radical (unpaired) electrons. The van der Waals surface area contributed by atoms with E-state index in [4.69, 9.17) is 22.1 Å². The number of anilines is 2. The van der Waals surface area contributed by atoms with E-state index in [9.17, 15) is 23.1 Å². The first-order chi connectivity index (χ1) is 21.8. The summed E-state index contributed by atoms with van der Waals surface area (Å²) in [6.45, 7) is 5.26. The average molecular weight is 656 g/mol. The Morgan fingerprint density at radius 2 is 1.83 bits per heavy atom. The van der Waals surface area contributed by atoms with Crippen LogP contribution in [0.3, 0.4) is 0 Å². The van der Waals surface area contributed by atoms with Crippen molar-refractivity contribution in [2.45, 2.75) is 51.4 Å². The number of aryl methyl sites for hydroxylation is 2. The van der Waals surface area contributed by atoms with E-state index >= 15 is 0 Å². The molecule has 0 aliphatic carbocycles. The fourth-order valence-corrected chi connectivity index (χ4v) is 6.40. The third-order valence-electron chi connectivity index (χ3n) is 8.82. The summed E-state index contributed by atoms with van der Waals surface area (Å²) in [5.41, 5.74) is 8.78. The number of carboxylic acid groups (broad SMARTS) is 1. The topological polar surface area (TPSA) is 131 Å². The Morgan fingerprint density at radius 3 is 2.46 bits per heavy atom. The van der Waals surface area contributed by atoms with E-state index in [1.807, 2.05) is 24.0 Å². The highest BCUT2D eigenvalue weighted by Crippen LogP contribution is 2.43. The maximum absolute atomic E-state index is 14.8. The van der Waals surface area contributed by atoms with Crippen LogP contribution in [0.25, 0.3) is 16.8 Å². The van der Waals surface area contributed by atoms with E-state index in [1.54, 1.807) is 37.4 Å². The van der Waals surface area contributed by atoms with Gasteiger partial charge in [-0.2, -0.15) is 28.2 Å². The number of piperidine rings is 1. The third kappa shape index (κ3) is 6.47. The Hall–Kier alpha value is -4.36. The van der Waals surface area contributed by atoms with E-state index < -0.39 is 24.3 Å². The number of alkyl halides is 3. The van der Waals surface area contributed by atoms with Gasteiger partial charge in [-0.05, 0) is 79.5 Å². The number of carboxylic acids is 1. The molecular formula is C32H33ClF3N7O3. The molecule has 10 nitrogen and oxygen atoms in total. The van der Waals surface area contributed by atoms with Crippen molar-refractivity contribution < 1.29 is 27.8 Å². The number of hydrogen-bond acceptors (Lipinski definition) is 8. The van der Waals surface area contributed by atoms with Crippen molar-refractivity contribution in [2.75, 3.05) is 30.3 Å². The minimum atomic E-state index is -4.83. The molecule has 2 aromatic carbocycles. The maximum Gasteiger partial charge on any atom is 0.429 e. The van der Waals surface area contributed by atoms with Gasteiger partial charge in [0.15, 0.2) is 0 Å². The summed E-state index contributed by atoms with van der Waals surface area (Å²) in [5.74, 6) is -1.07. The zero-order valence-corrected chi connectivity index (χ0v) is 25.9. The van der Waals surface area contributed by atoms with Crippen LogP contribution in [0, 0.1) is 19.3 Å². The van der Waals surface area contributed by atoms with Crippen molar-refractivity contribution in [1.82, 2.24) is 25.1 Å². The number of carbonyl (C=O) groups is 1. The van der Waals surface area contributed by atoms with E-state index in [1.165, 1.54) is 16.8 Å². The predicted octanol–water partition coefficient (Wildman–Crippen LogP) is 5.90. The number of hydrogen-bond donors (Lipinski definition) is 3. The summed E-state index contributed by atoms with van der Waals surface area (Å²) < 4.78 is 51.5. The minimum Gasteiger partial charge on any atom is -0.480 e. The molecule has 2 aliphatic rings. The molecule has 0 bridgehead atoms. The molecule has 4 N–H and O–H groups in total. The van der Waals surface area contributed by atoms with Crippen LogP contribution in [-0.4, -0.2) is 62.7 Å². The van der Waals surface area contributed by atoms with Gasteiger partial charge in [0.2, 0.25) is 17.9 Å². The van der Waals surface area contributed by atoms with Crippen molar-refractivity contribution in [3.63, 3.8) is 0 Å². The Balaban J connectivity index is 1.31. The highest BCUT2D eigenvalue weighted by molar-refractivity contribution is 6.31. The second-order valence-electron chi connectivity index (χ2n) is 12.1. The molecule has 0 amide bonds. The molecule has 0 saturated carbocycles. The van der Waals surface area contributed by atoms with Crippen LogP contribution in [0.2, 0.25) is 5.02 Å². The van der Waals surface area contributed by atoms with Crippen LogP contribution in [0.5, 0.6) is 5.88 Å². The summed E-state index contributed by atoms with van der Waals surface area (Å²) >= 11 is 6.21. The van der Waals surface area contributed by atoms with Gasteiger partial charge in [0, 0.05) is 42.5 Å². The number of aromatic nitrogens is 4. The molecule has 2 aromatic heterocycles. The lowest BCUT2D eigenvalue weighted by Crippen LogP contribution is -2.41. The van der Waals surface area contributed by atoms with Crippen molar-refractivity contribution in [3.05, 3.63) is 76.6 Å². The van der Waals surface area contributed by atoms with Gasteiger partial charge in [-0.25, -0.2) is 4.68 Å². The third-order valence-corrected chi connectivity index (χ3v) is 9.25. The van der Waals surface area contributed by atoms with Gasteiger partial charge in [0.05, 0.1) is 11.4 Å². The molecule has 2 aliphatic heterocycles. The van der Waals surface area contributed by atoms with E-state index in [0.717, 1.165) is 11.1 Å². The number of nitrogens with two attached hydrogens (primary N) is 1.